The van der Waals surface area contributed by atoms with Crippen molar-refractivity contribution >= 4 is 15.9 Å². The fourth-order valence-electron chi connectivity index (χ4n) is 2.77. The number of aromatic nitrogens is 3. The van der Waals surface area contributed by atoms with Gasteiger partial charge in [0.15, 0.2) is 0 Å². The standard InChI is InChI=1S/C14H25N5O4S/c1-24(22,23)17-10-14(21)5-3-7-18(9-6-14)13(20)4-2-8-19-12-15-11-16-19/h11-12,17,21H,2-10H2,1H3/t14-/m0/s1. The van der Waals surface area contributed by atoms with Crippen LogP contribution in [0.2, 0.25) is 0 Å². The van der Waals surface area contributed by atoms with Crippen molar-refractivity contribution in [3.8, 4) is 0 Å². The maximum atomic E-state index is 12.3. The molecule has 136 valence electrons. The summed E-state index contributed by atoms with van der Waals surface area (Å²) in [4.78, 5) is 17.9. The zero-order valence-corrected chi connectivity index (χ0v) is 14.7. The van der Waals surface area contributed by atoms with Crippen molar-refractivity contribution < 1.29 is 18.3 Å². The first-order valence-electron chi connectivity index (χ1n) is 8.05. The molecule has 1 amide bonds. The largest absolute Gasteiger partial charge is 0.388 e. The van der Waals surface area contributed by atoms with Crippen LogP contribution in [-0.2, 0) is 21.4 Å². The number of hydrogen-bond donors (Lipinski definition) is 2. The second-order valence-corrected chi connectivity index (χ2v) is 8.15. The Kier molecular flexibility index (Phi) is 6.30. The fraction of sp³-hybridized carbons (Fsp3) is 0.786. The molecule has 1 fully saturated rings. The van der Waals surface area contributed by atoms with Crippen molar-refractivity contribution in [3.63, 3.8) is 0 Å². The zero-order chi connectivity index (χ0) is 17.6. The number of sulfonamides is 1. The summed E-state index contributed by atoms with van der Waals surface area (Å²) in [5.74, 6) is 0.0513. The summed E-state index contributed by atoms with van der Waals surface area (Å²) in [6.07, 6.45) is 6.73. The molecular weight excluding hydrogens is 334 g/mol. The lowest BCUT2D eigenvalue weighted by molar-refractivity contribution is -0.131. The van der Waals surface area contributed by atoms with Gasteiger partial charge in [-0.1, -0.05) is 0 Å². The van der Waals surface area contributed by atoms with Crippen molar-refractivity contribution in [1.82, 2.24) is 24.4 Å². The van der Waals surface area contributed by atoms with Gasteiger partial charge in [0.25, 0.3) is 0 Å². The highest BCUT2D eigenvalue weighted by atomic mass is 32.2. The lowest BCUT2D eigenvalue weighted by Crippen LogP contribution is -2.43. The number of carbonyl (C=O) groups is 1. The summed E-state index contributed by atoms with van der Waals surface area (Å²) in [6.45, 7) is 1.65. The number of nitrogens with one attached hydrogen (secondary N) is 1. The molecule has 9 nitrogen and oxygen atoms in total. The third-order valence-corrected chi connectivity index (χ3v) is 4.85. The molecular formula is C14H25N5O4S. The van der Waals surface area contributed by atoms with Crippen molar-refractivity contribution in [2.45, 2.75) is 44.2 Å². The SMILES string of the molecule is CS(=O)(=O)NC[C@]1(O)CCCN(C(=O)CCCn2cncn2)CC1. The summed E-state index contributed by atoms with van der Waals surface area (Å²) in [5.41, 5.74) is -1.10. The van der Waals surface area contributed by atoms with E-state index in [1.807, 2.05) is 0 Å². The number of likely N-dealkylation sites (tertiary alicyclic amines) is 1. The van der Waals surface area contributed by atoms with E-state index in [2.05, 4.69) is 14.8 Å². The van der Waals surface area contributed by atoms with Gasteiger partial charge >= 0.3 is 0 Å². The number of nitrogens with zero attached hydrogens (tertiary/aromatic N) is 4. The molecule has 1 aliphatic rings. The molecule has 0 saturated carbocycles. The predicted octanol–water partition coefficient (Wildman–Crippen LogP) is -0.649. The Morgan fingerprint density at radius 1 is 1.38 bits per heavy atom. The minimum atomic E-state index is -3.34. The first-order valence-corrected chi connectivity index (χ1v) is 9.94. The van der Waals surface area contributed by atoms with Crippen LogP contribution in [0, 0.1) is 0 Å². The second-order valence-electron chi connectivity index (χ2n) is 6.31. The number of hydrogen-bond acceptors (Lipinski definition) is 6. The molecule has 0 aromatic carbocycles. The van der Waals surface area contributed by atoms with Crippen LogP contribution in [0.4, 0.5) is 0 Å². The molecule has 2 rings (SSSR count). The van der Waals surface area contributed by atoms with Gasteiger partial charge < -0.3 is 10.0 Å². The van der Waals surface area contributed by atoms with Gasteiger partial charge in [0.05, 0.1) is 11.9 Å². The molecule has 1 aromatic rings. The van der Waals surface area contributed by atoms with Crippen LogP contribution < -0.4 is 4.72 Å². The third kappa shape index (κ3) is 6.17. The monoisotopic (exact) mass is 359 g/mol. The Bertz CT molecular complexity index is 634. The minimum absolute atomic E-state index is 0.0137. The Balaban J connectivity index is 1.77. The van der Waals surface area contributed by atoms with Crippen molar-refractivity contribution in [3.05, 3.63) is 12.7 Å². The topological polar surface area (TPSA) is 117 Å². The van der Waals surface area contributed by atoms with Crippen LogP contribution in [0.3, 0.4) is 0 Å². The molecule has 0 spiro atoms. The summed E-state index contributed by atoms with van der Waals surface area (Å²) in [5, 5.41) is 14.5. The normalized spacial score (nSPS) is 22.3. The molecule has 0 aliphatic carbocycles. The fourth-order valence-corrected chi connectivity index (χ4v) is 3.30. The van der Waals surface area contributed by atoms with E-state index in [1.54, 1.807) is 15.9 Å². The summed E-state index contributed by atoms with van der Waals surface area (Å²) in [7, 11) is -3.34. The van der Waals surface area contributed by atoms with E-state index in [0.29, 0.717) is 51.7 Å². The Morgan fingerprint density at radius 3 is 2.83 bits per heavy atom. The smallest absolute Gasteiger partial charge is 0.222 e. The van der Waals surface area contributed by atoms with Gasteiger partial charge in [0, 0.05) is 32.6 Å². The van der Waals surface area contributed by atoms with E-state index in [1.165, 1.54) is 6.33 Å². The second kappa shape index (κ2) is 8.04. The number of rotatable bonds is 7. The molecule has 1 aromatic heterocycles. The van der Waals surface area contributed by atoms with Gasteiger partial charge in [-0.05, 0) is 25.7 Å². The van der Waals surface area contributed by atoms with E-state index in [9.17, 15) is 18.3 Å². The Labute approximate surface area is 142 Å². The molecule has 10 heteroatoms. The van der Waals surface area contributed by atoms with Crippen LogP contribution >= 0.6 is 0 Å². The molecule has 1 aliphatic heterocycles. The zero-order valence-electron chi connectivity index (χ0n) is 13.9. The molecule has 0 radical (unpaired) electrons. The first-order chi connectivity index (χ1) is 11.3. The van der Waals surface area contributed by atoms with Gasteiger partial charge in [-0.25, -0.2) is 18.1 Å². The minimum Gasteiger partial charge on any atom is -0.388 e. The molecule has 2 heterocycles. The molecule has 1 atom stereocenters. The Morgan fingerprint density at radius 2 is 2.17 bits per heavy atom. The van der Waals surface area contributed by atoms with Crippen molar-refractivity contribution in [2.75, 3.05) is 25.9 Å². The van der Waals surface area contributed by atoms with E-state index >= 15 is 0 Å². The van der Waals surface area contributed by atoms with Crippen LogP contribution in [0.1, 0.15) is 32.1 Å². The van der Waals surface area contributed by atoms with Gasteiger partial charge in [-0.3, -0.25) is 9.48 Å². The maximum absolute atomic E-state index is 12.3. The van der Waals surface area contributed by atoms with Gasteiger partial charge in [-0.2, -0.15) is 5.10 Å². The number of carbonyl (C=O) groups excluding carboxylic acids is 1. The number of aliphatic hydroxyl groups is 1. The first kappa shape index (κ1) is 18.8. The highest BCUT2D eigenvalue weighted by Gasteiger charge is 2.32. The quantitative estimate of drug-likeness (QED) is 0.668. The van der Waals surface area contributed by atoms with Gasteiger partial charge in [-0.15, -0.1) is 0 Å². The predicted molar refractivity (Wildman–Crippen MR) is 87.5 cm³/mol. The van der Waals surface area contributed by atoms with Crippen LogP contribution in [0.15, 0.2) is 12.7 Å². The molecule has 2 N–H and O–H groups in total. The molecule has 0 bridgehead atoms. The molecule has 0 unspecified atom stereocenters. The van der Waals surface area contributed by atoms with Crippen molar-refractivity contribution in [1.29, 1.82) is 0 Å². The maximum Gasteiger partial charge on any atom is 0.222 e. The highest BCUT2D eigenvalue weighted by Crippen LogP contribution is 2.22. The lowest BCUT2D eigenvalue weighted by Gasteiger charge is -2.26. The lowest BCUT2D eigenvalue weighted by atomic mass is 9.95. The van der Waals surface area contributed by atoms with Crippen molar-refractivity contribution in [2.24, 2.45) is 0 Å². The van der Waals surface area contributed by atoms with E-state index < -0.39 is 15.6 Å². The van der Waals surface area contributed by atoms with E-state index in [-0.39, 0.29) is 12.5 Å². The van der Waals surface area contributed by atoms with Gasteiger partial charge in [0.1, 0.15) is 12.7 Å². The average Bonchev–Trinajstić information content (AvgIpc) is 2.93. The summed E-state index contributed by atoms with van der Waals surface area (Å²) in [6, 6.07) is 0. The van der Waals surface area contributed by atoms with E-state index in [4.69, 9.17) is 0 Å². The van der Waals surface area contributed by atoms with Crippen LogP contribution in [0.5, 0.6) is 0 Å². The van der Waals surface area contributed by atoms with Crippen LogP contribution in [-0.4, -0.2) is 70.6 Å². The average molecular weight is 359 g/mol. The number of aryl methyl sites for hydroxylation is 1. The highest BCUT2D eigenvalue weighted by molar-refractivity contribution is 7.88. The van der Waals surface area contributed by atoms with Gasteiger partial charge in [0.2, 0.25) is 15.9 Å². The number of amides is 1. The summed E-state index contributed by atoms with van der Waals surface area (Å²) >= 11 is 0. The molecule has 1 saturated heterocycles. The molecule has 24 heavy (non-hydrogen) atoms. The summed E-state index contributed by atoms with van der Waals surface area (Å²) < 4.78 is 26.4. The Hall–Kier alpha value is -1.52. The van der Waals surface area contributed by atoms with E-state index in [0.717, 1.165) is 6.26 Å². The third-order valence-electron chi connectivity index (χ3n) is 4.18. The van der Waals surface area contributed by atoms with Crippen LogP contribution in [0.25, 0.3) is 0 Å².